The van der Waals surface area contributed by atoms with Gasteiger partial charge in [-0.2, -0.15) is 4.98 Å². The first kappa shape index (κ1) is 34.8. The molecule has 19 heteroatoms. The van der Waals surface area contributed by atoms with E-state index in [9.17, 15) is 19.5 Å². The van der Waals surface area contributed by atoms with Gasteiger partial charge in [0, 0.05) is 11.2 Å². The van der Waals surface area contributed by atoms with Crippen molar-refractivity contribution in [2.24, 2.45) is 5.41 Å². The second kappa shape index (κ2) is 13.5. The van der Waals surface area contributed by atoms with Gasteiger partial charge in [-0.3, -0.25) is 23.9 Å². The number of nitrogen functional groups attached to an aromatic ring is 1. The van der Waals surface area contributed by atoms with Crippen molar-refractivity contribution in [2.45, 2.75) is 77.3 Å². The fraction of sp³-hybridized carbons (Fsp3) is 0.696. The van der Waals surface area contributed by atoms with Gasteiger partial charge in [0.2, 0.25) is 5.95 Å². The van der Waals surface area contributed by atoms with Crippen LogP contribution in [0.5, 0.6) is 0 Å². The van der Waals surface area contributed by atoms with Crippen LogP contribution < -0.4 is 16.4 Å². The molecule has 236 valence electrons. The Bertz CT molecular complexity index is 1400. The molecule has 1 aliphatic heterocycles. The number of carbonyl (C=O) groups is 2. The third-order valence-electron chi connectivity index (χ3n) is 5.74. The Hall–Kier alpha value is -1.69. The van der Waals surface area contributed by atoms with Crippen molar-refractivity contribution < 1.29 is 37.6 Å². The standard InChI is InChI=1S/C23H35ClFN6O8PS2/c1-11(2)38-18(34)12(3)30-40(41,36-7-8-42-20(35)22(4,5)6)37-9-13-15(32)23(24,25)19(39-13)31-10-27-14-16(31)28-21(26)29-17(14)33/h10-13,15,19,32H,7-9H2,1-6H3,(H,30,41)(H3,26,28,29,33)/t12-,13-,15-,19-,23-,40-/m1/s1. The molecule has 3 heterocycles. The smallest absolute Gasteiger partial charge is 0.323 e. The molecular formula is C23H35ClFN6O8PS2. The topological polar surface area (TPSA) is 193 Å². The summed E-state index contributed by atoms with van der Waals surface area (Å²) >= 11 is 12.8. The van der Waals surface area contributed by atoms with Gasteiger partial charge in [-0.25, -0.2) is 14.5 Å². The van der Waals surface area contributed by atoms with Crippen LogP contribution in [0.15, 0.2) is 11.1 Å². The number of esters is 1. The van der Waals surface area contributed by atoms with E-state index < -0.39 is 59.8 Å². The zero-order valence-corrected chi connectivity index (χ0v) is 27.1. The number of nitrogens with one attached hydrogen (secondary N) is 2. The molecule has 2 aromatic heterocycles. The van der Waals surface area contributed by atoms with Crippen LogP contribution in [0.2, 0.25) is 0 Å². The number of H-pyrrole nitrogens is 1. The molecule has 14 nitrogen and oxygen atoms in total. The highest BCUT2D eigenvalue weighted by molar-refractivity contribution is 8.13. The third-order valence-corrected chi connectivity index (χ3v) is 10.1. The van der Waals surface area contributed by atoms with E-state index in [0.717, 1.165) is 22.7 Å². The van der Waals surface area contributed by atoms with Crippen LogP contribution in [0, 0.1) is 5.41 Å². The van der Waals surface area contributed by atoms with Crippen molar-refractivity contribution in [3.63, 3.8) is 0 Å². The SMILES string of the molecule is CC(C)OC(=O)[C@@H](C)N[P@@](=S)(OCCSC(=O)C(C)(C)C)OC[C@H]1O[C@@H](n2cnc3c(=O)[nH]c(N)nc32)[C@@](F)(Cl)[C@@H]1O. The molecule has 1 saturated heterocycles. The number of fused-ring (bicyclic) bond motifs is 1. The first-order valence-electron chi connectivity index (χ1n) is 12.8. The maximum Gasteiger partial charge on any atom is 0.323 e. The van der Waals surface area contributed by atoms with Gasteiger partial charge >= 0.3 is 5.97 Å². The largest absolute Gasteiger partial charge is 0.462 e. The molecule has 1 fully saturated rings. The van der Waals surface area contributed by atoms with Crippen LogP contribution in [0.1, 0.15) is 47.8 Å². The van der Waals surface area contributed by atoms with E-state index in [2.05, 4.69) is 20.0 Å². The highest BCUT2D eigenvalue weighted by atomic mass is 35.5. The molecule has 0 bridgehead atoms. The van der Waals surface area contributed by atoms with E-state index in [0.29, 0.717) is 0 Å². The van der Waals surface area contributed by atoms with Gasteiger partial charge < -0.3 is 29.4 Å². The number of aromatic amines is 1. The number of aliphatic hydroxyl groups is 1. The molecule has 42 heavy (non-hydrogen) atoms. The molecule has 1 aliphatic rings. The van der Waals surface area contributed by atoms with Crippen LogP contribution >= 0.6 is 30.0 Å². The molecule has 0 spiro atoms. The number of aromatic nitrogens is 4. The van der Waals surface area contributed by atoms with Gasteiger partial charge in [-0.1, -0.05) is 44.1 Å². The summed E-state index contributed by atoms with van der Waals surface area (Å²) < 4.78 is 39.3. The number of carbonyl (C=O) groups excluding carboxylic acids is 2. The van der Waals surface area contributed by atoms with E-state index in [1.807, 2.05) is 0 Å². The number of thioether (sulfide) groups is 1. The van der Waals surface area contributed by atoms with Crippen molar-refractivity contribution in [1.82, 2.24) is 24.6 Å². The van der Waals surface area contributed by atoms with Crippen molar-refractivity contribution in [3.05, 3.63) is 16.7 Å². The van der Waals surface area contributed by atoms with Gasteiger partial charge in [0.05, 0.1) is 25.6 Å². The molecule has 0 saturated carbocycles. The van der Waals surface area contributed by atoms with Gasteiger partial charge in [0.1, 0.15) is 18.2 Å². The Morgan fingerprint density at radius 2 is 2.07 bits per heavy atom. The number of nitrogens with zero attached hydrogens (tertiary/aromatic N) is 3. The number of rotatable bonds is 12. The first-order valence-corrected chi connectivity index (χ1v) is 16.8. The zero-order chi connectivity index (χ0) is 31.6. The van der Waals surface area contributed by atoms with Gasteiger partial charge in [-0.05, 0) is 32.6 Å². The Morgan fingerprint density at radius 1 is 1.40 bits per heavy atom. The molecular weight excluding hydrogens is 638 g/mol. The Morgan fingerprint density at radius 3 is 2.69 bits per heavy atom. The van der Waals surface area contributed by atoms with Crippen LogP contribution in [-0.2, 0) is 39.9 Å². The summed E-state index contributed by atoms with van der Waals surface area (Å²) in [6, 6.07) is -0.954. The summed E-state index contributed by atoms with van der Waals surface area (Å²) in [6.45, 7) is 6.19. The lowest BCUT2D eigenvalue weighted by atomic mass is 10.00. The number of alkyl halides is 2. The fourth-order valence-electron chi connectivity index (χ4n) is 3.64. The summed E-state index contributed by atoms with van der Waals surface area (Å²) in [5, 5.41) is 10.6. The quantitative estimate of drug-likeness (QED) is 0.111. The normalized spacial score (nSPS) is 25.0. The fourth-order valence-corrected chi connectivity index (χ4v) is 7.20. The van der Waals surface area contributed by atoms with E-state index in [1.165, 1.54) is 6.92 Å². The summed E-state index contributed by atoms with van der Waals surface area (Å²) in [5.41, 5.74) is 4.13. The summed E-state index contributed by atoms with van der Waals surface area (Å²) in [7, 11) is 0. The first-order chi connectivity index (χ1) is 19.4. The molecule has 0 amide bonds. The minimum absolute atomic E-state index is 0.0232. The monoisotopic (exact) mass is 672 g/mol. The number of halogens is 2. The molecule has 0 radical (unpaired) electrons. The molecule has 5 N–H and O–H groups in total. The maximum absolute atomic E-state index is 15.7. The van der Waals surface area contributed by atoms with E-state index in [4.69, 9.17) is 47.7 Å². The summed E-state index contributed by atoms with van der Waals surface area (Å²) in [4.78, 5) is 47.0. The number of aliphatic hydroxyl groups excluding tert-OH is 1. The summed E-state index contributed by atoms with van der Waals surface area (Å²) in [5.74, 6) is -0.617. The second-order valence-corrected chi connectivity index (χ2v) is 15.6. The molecule has 6 atom stereocenters. The average molecular weight is 673 g/mol. The number of hydrogen-bond acceptors (Lipinski definition) is 13. The van der Waals surface area contributed by atoms with E-state index in [-0.39, 0.29) is 40.7 Å². The highest BCUT2D eigenvalue weighted by Gasteiger charge is 2.58. The van der Waals surface area contributed by atoms with Crippen molar-refractivity contribution in [1.29, 1.82) is 0 Å². The lowest BCUT2D eigenvalue weighted by Gasteiger charge is -2.28. The van der Waals surface area contributed by atoms with Gasteiger partial charge in [-0.15, -0.1) is 0 Å². The molecule has 3 rings (SSSR count). The molecule has 0 aliphatic carbocycles. The number of imidazole rings is 1. The van der Waals surface area contributed by atoms with Gasteiger partial charge in [0.15, 0.2) is 22.5 Å². The van der Waals surface area contributed by atoms with E-state index in [1.54, 1.807) is 34.6 Å². The molecule has 0 aromatic carbocycles. The van der Waals surface area contributed by atoms with Crippen LogP contribution in [0.4, 0.5) is 10.3 Å². The van der Waals surface area contributed by atoms with Gasteiger partial charge in [0.25, 0.3) is 17.3 Å². The second-order valence-electron chi connectivity index (χ2n) is 10.8. The molecule has 2 aromatic rings. The van der Waals surface area contributed by atoms with E-state index >= 15 is 4.39 Å². The number of hydrogen-bond donors (Lipinski definition) is 4. The minimum Gasteiger partial charge on any atom is -0.462 e. The lowest BCUT2D eigenvalue weighted by Crippen LogP contribution is -2.39. The minimum atomic E-state index is -3.52. The van der Waals surface area contributed by atoms with Crippen molar-refractivity contribution in [3.8, 4) is 0 Å². The summed E-state index contributed by atoms with van der Waals surface area (Å²) in [6.07, 6.45) is -4.31. The number of anilines is 1. The predicted molar refractivity (Wildman–Crippen MR) is 159 cm³/mol. The van der Waals surface area contributed by atoms with Crippen LogP contribution in [0.25, 0.3) is 11.2 Å². The third kappa shape index (κ3) is 8.27. The Kier molecular flexibility index (Phi) is 11.2. The van der Waals surface area contributed by atoms with Crippen molar-refractivity contribution in [2.75, 3.05) is 24.7 Å². The maximum atomic E-state index is 15.7. The number of nitrogens with two attached hydrogens (primary N) is 1. The predicted octanol–water partition coefficient (Wildman–Crippen LogP) is 2.36. The Labute approximate surface area is 255 Å². The zero-order valence-electron chi connectivity index (χ0n) is 23.8. The Balaban J connectivity index is 1.77. The van der Waals surface area contributed by atoms with Crippen LogP contribution in [0.3, 0.4) is 0 Å². The van der Waals surface area contributed by atoms with Crippen LogP contribution in [-0.4, -0.2) is 84.2 Å². The van der Waals surface area contributed by atoms with Crippen molar-refractivity contribution >= 4 is 70.0 Å². The lowest BCUT2D eigenvalue weighted by molar-refractivity contribution is -0.149. The number of ether oxygens (including phenoxy) is 2. The molecule has 0 unspecified atom stereocenters. The highest BCUT2D eigenvalue weighted by Crippen LogP contribution is 2.49. The average Bonchev–Trinajstić information content (AvgIpc) is 3.37.